The van der Waals surface area contributed by atoms with Crippen molar-refractivity contribution >= 4 is 30.3 Å². The molecule has 2 aromatic carbocycles. The molecule has 0 unspecified atom stereocenters. The molecule has 0 spiro atoms. The van der Waals surface area contributed by atoms with E-state index in [-0.39, 0.29) is 17.2 Å². The highest BCUT2D eigenvalue weighted by molar-refractivity contribution is 9.10. The van der Waals surface area contributed by atoms with Crippen LogP contribution in [0.1, 0.15) is 44.4 Å². The van der Waals surface area contributed by atoms with Crippen LogP contribution in [0, 0.1) is 0 Å². The van der Waals surface area contributed by atoms with E-state index < -0.39 is 14.4 Å². The Morgan fingerprint density at radius 3 is 2.53 bits per heavy atom. The summed E-state index contributed by atoms with van der Waals surface area (Å²) in [6.45, 7) is 14.3. The fourth-order valence-electron chi connectivity index (χ4n) is 4.27. The van der Waals surface area contributed by atoms with Crippen LogP contribution in [0.4, 0.5) is 4.79 Å². The fourth-order valence-corrected chi connectivity index (χ4v) is 6.07. The number of amides is 1. The Morgan fingerprint density at radius 2 is 1.91 bits per heavy atom. The average Bonchev–Trinajstić information content (AvgIpc) is 3.19. The molecule has 7 heteroatoms. The highest BCUT2D eigenvalue weighted by atomic mass is 79.9. The molecule has 1 aliphatic rings. The third kappa shape index (κ3) is 7.17. The predicted octanol–water partition coefficient (Wildman–Crippen LogP) is 6.81. The van der Waals surface area contributed by atoms with Crippen molar-refractivity contribution < 1.29 is 14.3 Å². The molecule has 1 N–H and O–H groups in total. The van der Waals surface area contributed by atoms with E-state index in [0.717, 1.165) is 35.1 Å². The predicted molar refractivity (Wildman–Crippen MR) is 145 cm³/mol. The highest BCUT2D eigenvalue weighted by Gasteiger charge is 2.41. The first kappa shape index (κ1) is 26.9. The smallest absolute Gasteiger partial charge is 0.407 e. The maximum absolute atomic E-state index is 12.4. The Bertz CT molecular complexity index is 948. The van der Waals surface area contributed by atoms with Crippen molar-refractivity contribution in [3.8, 4) is 0 Å². The molecule has 0 saturated carbocycles. The summed E-state index contributed by atoms with van der Waals surface area (Å²) in [5.74, 6) is 0. The van der Waals surface area contributed by atoms with E-state index >= 15 is 0 Å². The Morgan fingerprint density at radius 1 is 1.21 bits per heavy atom. The minimum absolute atomic E-state index is 0.177. The Hall–Kier alpha value is -1.67. The molecule has 0 aliphatic carbocycles. The van der Waals surface area contributed by atoms with E-state index in [0.29, 0.717) is 19.5 Å². The van der Waals surface area contributed by atoms with Crippen LogP contribution in [0.5, 0.6) is 0 Å². The van der Waals surface area contributed by atoms with E-state index in [1.165, 1.54) is 0 Å². The van der Waals surface area contributed by atoms with Crippen molar-refractivity contribution in [3.05, 3.63) is 70.2 Å². The minimum Gasteiger partial charge on any atom is -0.465 e. The highest BCUT2D eigenvalue weighted by Crippen LogP contribution is 2.38. The molecule has 34 heavy (non-hydrogen) atoms. The summed E-state index contributed by atoms with van der Waals surface area (Å²) in [4.78, 5) is 16.4. The van der Waals surface area contributed by atoms with Crippen LogP contribution in [0.25, 0.3) is 0 Å². The maximum Gasteiger partial charge on any atom is 0.407 e. The maximum atomic E-state index is 12.4. The van der Waals surface area contributed by atoms with Gasteiger partial charge in [0.05, 0.1) is 12.1 Å². The zero-order valence-electron chi connectivity index (χ0n) is 21.1. The summed E-state index contributed by atoms with van der Waals surface area (Å²) in [5, 5.41) is 10.4. The minimum atomic E-state index is -1.84. The van der Waals surface area contributed by atoms with Gasteiger partial charge in [-0.25, -0.2) is 4.79 Å². The molecule has 0 radical (unpaired) electrons. The van der Waals surface area contributed by atoms with Gasteiger partial charge in [-0.3, -0.25) is 9.80 Å². The SMILES string of the molecule is CC(C)(C)[Si](C)(C)O[C@H]1CCN(C[C@H](c2cccc(Br)c2)N(CCc2ccccc2)C(=O)O)C1. The standard InChI is InChI=1S/C27H39BrN2O3Si/c1-27(2,3)34(4,5)33-24-15-16-29(19-24)20-25(22-12-9-13-23(28)18-22)30(26(31)32)17-14-21-10-7-6-8-11-21/h6-13,18,24-25H,14-17,19-20H2,1-5H3,(H,31,32)/t24-,25+/m0/s1. The average molecular weight is 548 g/mol. The summed E-state index contributed by atoms with van der Waals surface area (Å²) in [5.41, 5.74) is 2.16. The van der Waals surface area contributed by atoms with Crippen molar-refractivity contribution in [2.24, 2.45) is 0 Å². The van der Waals surface area contributed by atoms with Crippen molar-refractivity contribution in [2.75, 3.05) is 26.2 Å². The number of hydrogen-bond acceptors (Lipinski definition) is 3. The quantitative estimate of drug-likeness (QED) is 0.351. The van der Waals surface area contributed by atoms with Crippen LogP contribution in [-0.2, 0) is 10.8 Å². The Balaban J connectivity index is 1.76. The lowest BCUT2D eigenvalue weighted by Crippen LogP contribution is -2.45. The zero-order chi connectivity index (χ0) is 24.9. The van der Waals surface area contributed by atoms with Crippen LogP contribution >= 0.6 is 15.9 Å². The summed E-state index contributed by atoms with van der Waals surface area (Å²) >= 11 is 3.57. The van der Waals surface area contributed by atoms with Crippen molar-refractivity contribution in [3.63, 3.8) is 0 Å². The first-order chi connectivity index (χ1) is 16.0. The molecule has 2 atom stereocenters. The van der Waals surface area contributed by atoms with Gasteiger partial charge >= 0.3 is 6.09 Å². The van der Waals surface area contributed by atoms with Crippen molar-refractivity contribution in [1.82, 2.24) is 9.80 Å². The molecule has 3 rings (SSSR count). The molecule has 1 aliphatic heterocycles. The van der Waals surface area contributed by atoms with Gasteiger partial charge in [0.25, 0.3) is 0 Å². The third-order valence-electron chi connectivity index (χ3n) is 7.27. The van der Waals surface area contributed by atoms with Crippen LogP contribution in [0.3, 0.4) is 0 Å². The number of carbonyl (C=O) groups is 1. The molecule has 2 aromatic rings. The molecule has 1 amide bonds. The van der Waals surface area contributed by atoms with E-state index in [4.69, 9.17) is 4.43 Å². The van der Waals surface area contributed by atoms with E-state index in [1.54, 1.807) is 4.90 Å². The lowest BCUT2D eigenvalue weighted by atomic mass is 10.0. The van der Waals surface area contributed by atoms with Gasteiger partial charge in [-0.1, -0.05) is 79.2 Å². The summed E-state index contributed by atoms with van der Waals surface area (Å²) in [6.07, 6.45) is 1.02. The van der Waals surface area contributed by atoms with Gasteiger partial charge in [0.1, 0.15) is 0 Å². The summed E-state index contributed by atoms with van der Waals surface area (Å²) in [7, 11) is -1.84. The van der Waals surface area contributed by atoms with Gasteiger partial charge in [0, 0.05) is 30.7 Å². The topological polar surface area (TPSA) is 53.0 Å². The first-order valence-corrected chi connectivity index (χ1v) is 15.9. The van der Waals surface area contributed by atoms with Crippen molar-refractivity contribution in [2.45, 2.75) is 63.9 Å². The lowest BCUT2D eigenvalue weighted by molar-refractivity contribution is 0.107. The molecule has 1 heterocycles. The number of rotatable bonds is 9. The number of nitrogens with zero attached hydrogens (tertiary/aromatic N) is 2. The lowest BCUT2D eigenvalue weighted by Gasteiger charge is -2.38. The molecule has 0 bridgehead atoms. The Kier molecular flexibility index (Phi) is 9.01. The summed E-state index contributed by atoms with van der Waals surface area (Å²) < 4.78 is 7.63. The fraction of sp³-hybridized carbons (Fsp3) is 0.519. The normalized spacial score (nSPS) is 18.1. The van der Waals surface area contributed by atoms with Gasteiger partial charge in [0.15, 0.2) is 8.32 Å². The number of likely N-dealkylation sites (tertiary alicyclic amines) is 1. The number of benzene rings is 2. The first-order valence-electron chi connectivity index (χ1n) is 12.2. The van der Waals surface area contributed by atoms with Gasteiger partial charge in [0.2, 0.25) is 0 Å². The van der Waals surface area contributed by atoms with Crippen molar-refractivity contribution in [1.29, 1.82) is 0 Å². The second kappa shape index (κ2) is 11.4. The summed E-state index contributed by atoms with van der Waals surface area (Å²) in [6, 6.07) is 17.9. The Labute approximate surface area is 214 Å². The van der Waals surface area contributed by atoms with Gasteiger partial charge in [-0.2, -0.15) is 0 Å². The largest absolute Gasteiger partial charge is 0.465 e. The molecular weight excluding hydrogens is 508 g/mol. The second-order valence-corrected chi connectivity index (χ2v) is 16.5. The van der Waals surface area contributed by atoms with E-state index in [9.17, 15) is 9.90 Å². The van der Waals surface area contributed by atoms with E-state index in [1.807, 2.05) is 42.5 Å². The number of halogens is 1. The monoisotopic (exact) mass is 546 g/mol. The van der Waals surface area contributed by atoms with Crippen LogP contribution in [-0.4, -0.2) is 61.6 Å². The number of carboxylic acid groups (broad SMARTS) is 1. The van der Waals surface area contributed by atoms with Crippen LogP contribution in [0.2, 0.25) is 18.1 Å². The van der Waals surface area contributed by atoms with Gasteiger partial charge in [-0.05, 0) is 54.2 Å². The number of hydrogen-bond donors (Lipinski definition) is 1. The molecule has 5 nitrogen and oxygen atoms in total. The van der Waals surface area contributed by atoms with E-state index in [2.05, 4.69) is 66.8 Å². The van der Waals surface area contributed by atoms with Gasteiger partial charge in [-0.15, -0.1) is 0 Å². The molecular formula is C27H39BrN2O3Si. The second-order valence-electron chi connectivity index (χ2n) is 10.8. The molecule has 1 fully saturated rings. The zero-order valence-corrected chi connectivity index (χ0v) is 23.7. The third-order valence-corrected chi connectivity index (χ3v) is 12.3. The van der Waals surface area contributed by atoms with Crippen LogP contribution in [0.15, 0.2) is 59.1 Å². The molecule has 186 valence electrons. The molecule has 1 saturated heterocycles. The van der Waals surface area contributed by atoms with Gasteiger partial charge < -0.3 is 9.53 Å². The molecule has 0 aromatic heterocycles. The van der Waals surface area contributed by atoms with Crippen LogP contribution < -0.4 is 0 Å².